The van der Waals surface area contributed by atoms with Gasteiger partial charge in [-0.1, -0.05) is 31.3 Å². The van der Waals surface area contributed by atoms with Crippen molar-refractivity contribution in [2.24, 2.45) is 22.7 Å². The molecule has 19 heavy (non-hydrogen) atoms. The predicted octanol–water partition coefficient (Wildman–Crippen LogP) is 2.19. The Bertz CT molecular complexity index is 312. The molecule has 0 aromatic rings. The lowest BCUT2D eigenvalue weighted by atomic mass is 9.86. The van der Waals surface area contributed by atoms with Crippen LogP contribution in [0.5, 0.6) is 0 Å². The minimum atomic E-state index is -0.111. The maximum Gasteiger partial charge on any atom is 0.222 e. The van der Waals surface area contributed by atoms with Gasteiger partial charge in [0.1, 0.15) is 5.84 Å². The summed E-state index contributed by atoms with van der Waals surface area (Å²) >= 11 is 0. The van der Waals surface area contributed by atoms with Crippen molar-refractivity contribution in [1.29, 1.82) is 0 Å². The molecule has 1 saturated carbocycles. The topological polar surface area (TPSA) is 78.9 Å². The fraction of sp³-hybridized carbons (Fsp3) is 0.857. The lowest BCUT2D eigenvalue weighted by Gasteiger charge is -2.27. The molecule has 0 bridgehead atoms. The van der Waals surface area contributed by atoms with E-state index in [2.05, 4.69) is 5.16 Å². The van der Waals surface area contributed by atoms with Crippen LogP contribution in [0, 0.1) is 11.8 Å². The molecule has 1 rings (SSSR count). The molecule has 110 valence electrons. The highest BCUT2D eigenvalue weighted by atomic mass is 16.4. The van der Waals surface area contributed by atoms with Crippen LogP contribution in [0.15, 0.2) is 5.16 Å². The normalized spacial score (nSPS) is 19.2. The number of oxime groups is 1. The lowest BCUT2D eigenvalue weighted by molar-refractivity contribution is -0.132. The molecule has 0 aliphatic heterocycles. The van der Waals surface area contributed by atoms with E-state index in [1.807, 2.05) is 18.7 Å². The van der Waals surface area contributed by atoms with Gasteiger partial charge in [0.05, 0.1) is 0 Å². The van der Waals surface area contributed by atoms with Crippen molar-refractivity contribution in [2.45, 2.75) is 52.4 Å². The van der Waals surface area contributed by atoms with Crippen molar-refractivity contribution >= 4 is 11.7 Å². The predicted molar refractivity (Wildman–Crippen MR) is 76.0 cm³/mol. The Morgan fingerprint density at radius 3 is 2.58 bits per heavy atom. The van der Waals surface area contributed by atoms with Gasteiger partial charge >= 0.3 is 0 Å². The first-order valence-corrected chi connectivity index (χ1v) is 7.33. The molecule has 5 heteroatoms. The molecule has 0 saturated heterocycles. The lowest BCUT2D eigenvalue weighted by Crippen LogP contribution is -2.39. The number of amides is 1. The summed E-state index contributed by atoms with van der Waals surface area (Å²) in [5, 5.41) is 11.7. The molecule has 1 unspecified atom stereocenters. The average molecular weight is 269 g/mol. The van der Waals surface area contributed by atoms with Gasteiger partial charge < -0.3 is 15.8 Å². The number of hydrogen-bond donors (Lipinski definition) is 2. The summed E-state index contributed by atoms with van der Waals surface area (Å²) < 4.78 is 0. The fourth-order valence-electron chi connectivity index (χ4n) is 2.70. The van der Waals surface area contributed by atoms with Crippen LogP contribution in [-0.4, -0.2) is 34.9 Å². The van der Waals surface area contributed by atoms with Crippen LogP contribution in [0.2, 0.25) is 0 Å². The van der Waals surface area contributed by atoms with Gasteiger partial charge in [0.2, 0.25) is 5.91 Å². The van der Waals surface area contributed by atoms with E-state index in [-0.39, 0.29) is 17.7 Å². The van der Waals surface area contributed by atoms with Gasteiger partial charge in [0.25, 0.3) is 0 Å². The molecule has 5 nitrogen and oxygen atoms in total. The summed E-state index contributed by atoms with van der Waals surface area (Å²) in [5.41, 5.74) is 5.57. The monoisotopic (exact) mass is 269 g/mol. The molecule has 1 atom stereocenters. The summed E-state index contributed by atoms with van der Waals surface area (Å²) in [7, 11) is 0. The van der Waals surface area contributed by atoms with Gasteiger partial charge in [-0.05, 0) is 25.7 Å². The van der Waals surface area contributed by atoms with Gasteiger partial charge in [0, 0.05) is 25.4 Å². The van der Waals surface area contributed by atoms with Crippen molar-refractivity contribution in [3.8, 4) is 0 Å². The first kappa shape index (κ1) is 15.8. The van der Waals surface area contributed by atoms with Crippen LogP contribution < -0.4 is 5.73 Å². The van der Waals surface area contributed by atoms with Crippen LogP contribution in [0.3, 0.4) is 0 Å². The standard InChI is InChI=1S/C14H27N3O2/c1-3-17(10-11(2)14(15)16-19)13(18)9-12-7-5-4-6-8-12/h11-12,19H,3-10H2,1-2H3,(H2,15,16). The van der Waals surface area contributed by atoms with Gasteiger partial charge in [0.15, 0.2) is 0 Å². The summed E-state index contributed by atoms with van der Waals surface area (Å²) in [5.74, 6) is 0.825. The first-order chi connectivity index (χ1) is 9.08. The molecule has 1 aliphatic carbocycles. The third-order valence-electron chi connectivity index (χ3n) is 4.04. The van der Waals surface area contributed by atoms with E-state index in [9.17, 15) is 4.79 Å². The molecule has 0 heterocycles. The highest BCUT2D eigenvalue weighted by molar-refractivity contribution is 5.83. The summed E-state index contributed by atoms with van der Waals surface area (Å²) in [6, 6.07) is 0. The Kier molecular flexibility index (Phi) is 6.67. The quantitative estimate of drug-likeness (QED) is 0.336. The SMILES string of the molecule is CCN(CC(C)/C(N)=N/O)C(=O)CC1CCCCC1. The molecular weight excluding hydrogens is 242 g/mol. The molecule has 0 radical (unpaired) electrons. The Labute approximate surface area is 115 Å². The Balaban J connectivity index is 2.46. The third kappa shape index (κ3) is 5.09. The summed E-state index contributed by atoms with van der Waals surface area (Å²) in [6.45, 7) is 5.04. The van der Waals surface area contributed by atoms with Crippen LogP contribution >= 0.6 is 0 Å². The molecule has 0 aromatic carbocycles. The summed E-state index contributed by atoms with van der Waals surface area (Å²) in [6.07, 6.45) is 6.83. The molecule has 0 spiro atoms. The second-order valence-electron chi connectivity index (χ2n) is 5.57. The van der Waals surface area contributed by atoms with Crippen molar-refractivity contribution in [3.05, 3.63) is 0 Å². The second kappa shape index (κ2) is 8.02. The number of rotatable bonds is 6. The van der Waals surface area contributed by atoms with E-state index in [1.54, 1.807) is 0 Å². The Hall–Kier alpha value is -1.26. The van der Waals surface area contributed by atoms with E-state index in [4.69, 9.17) is 10.9 Å². The third-order valence-corrected chi connectivity index (χ3v) is 4.04. The number of nitrogens with two attached hydrogens (primary N) is 1. The van der Waals surface area contributed by atoms with Crippen LogP contribution in [0.4, 0.5) is 0 Å². The minimum Gasteiger partial charge on any atom is -0.409 e. The minimum absolute atomic E-state index is 0.111. The van der Waals surface area contributed by atoms with Gasteiger partial charge in [-0.2, -0.15) is 0 Å². The van der Waals surface area contributed by atoms with Crippen LogP contribution in [-0.2, 0) is 4.79 Å². The highest BCUT2D eigenvalue weighted by Crippen LogP contribution is 2.26. The zero-order chi connectivity index (χ0) is 14.3. The van der Waals surface area contributed by atoms with E-state index in [0.717, 1.165) is 0 Å². The fourth-order valence-corrected chi connectivity index (χ4v) is 2.70. The van der Waals surface area contributed by atoms with Crippen LogP contribution in [0.25, 0.3) is 0 Å². The molecule has 3 N–H and O–H groups in total. The smallest absolute Gasteiger partial charge is 0.222 e. The maximum atomic E-state index is 12.3. The largest absolute Gasteiger partial charge is 0.409 e. The van der Waals surface area contributed by atoms with Crippen molar-refractivity contribution in [2.75, 3.05) is 13.1 Å². The Morgan fingerprint density at radius 2 is 2.05 bits per heavy atom. The number of carbonyl (C=O) groups excluding carboxylic acids is 1. The number of hydrogen-bond acceptors (Lipinski definition) is 3. The van der Waals surface area contributed by atoms with E-state index in [1.165, 1.54) is 32.1 Å². The molecule has 1 fully saturated rings. The van der Waals surface area contributed by atoms with Crippen molar-refractivity contribution < 1.29 is 10.0 Å². The Morgan fingerprint density at radius 1 is 1.42 bits per heavy atom. The zero-order valence-electron chi connectivity index (χ0n) is 12.1. The highest BCUT2D eigenvalue weighted by Gasteiger charge is 2.22. The zero-order valence-corrected chi connectivity index (χ0v) is 12.1. The number of nitrogens with zero attached hydrogens (tertiary/aromatic N) is 2. The average Bonchev–Trinajstić information content (AvgIpc) is 2.44. The summed E-state index contributed by atoms with van der Waals surface area (Å²) in [4.78, 5) is 14.1. The molecular formula is C14H27N3O2. The van der Waals surface area contributed by atoms with Gasteiger partial charge in [-0.25, -0.2) is 0 Å². The van der Waals surface area contributed by atoms with E-state index in [0.29, 0.717) is 25.4 Å². The number of carbonyl (C=O) groups is 1. The molecule has 1 aliphatic rings. The second-order valence-corrected chi connectivity index (χ2v) is 5.57. The van der Waals surface area contributed by atoms with Crippen molar-refractivity contribution in [3.63, 3.8) is 0 Å². The van der Waals surface area contributed by atoms with E-state index >= 15 is 0 Å². The van der Waals surface area contributed by atoms with Crippen LogP contribution in [0.1, 0.15) is 52.4 Å². The van der Waals surface area contributed by atoms with Crippen molar-refractivity contribution in [1.82, 2.24) is 4.90 Å². The van der Waals surface area contributed by atoms with Gasteiger partial charge in [-0.15, -0.1) is 0 Å². The van der Waals surface area contributed by atoms with Gasteiger partial charge in [-0.3, -0.25) is 4.79 Å². The van der Waals surface area contributed by atoms with E-state index < -0.39 is 0 Å². The number of amidine groups is 1. The molecule has 0 aromatic heterocycles. The maximum absolute atomic E-state index is 12.3. The first-order valence-electron chi connectivity index (χ1n) is 7.33. The molecule has 1 amide bonds.